The molecule has 0 saturated heterocycles. The average molecular weight is 423 g/mol. The lowest BCUT2D eigenvalue weighted by molar-refractivity contribution is -0.118. The van der Waals surface area contributed by atoms with Crippen molar-refractivity contribution in [2.24, 2.45) is 5.92 Å². The molecule has 2 aromatic rings. The average Bonchev–Trinajstić information content (AvgIpc) is 3.31. The molecule has 152 valence electrons. The van der Waals surface area contributed by atoms with Crippen molar-refractivity contribution in [2.45, 2.75) is 49.3 Å². The first-order valence-electron chi connectivity index (χ1n) is 9.53. The van der Waals surface area contributed by atoms with Crippen LogP contribution in [0, 0.1) is 5.92 Å². The molecule has 2 N–H and O–H groups in total. The maximum Gasteiger partial charge on any atom is 0.233 e. The van der Waals surface area contributed by atoms with Crippen molar-refractivity contribution < 1.29 is 18.3 Å². The molecule has 28 heavy (non-hydrogen) atoms. The number of amides is 1. The van der Waals surface area contributed by atoms with E-state index in [-0.39, 0.29) is 23.3 Å². The summed E-state index contributed by atoms with van der Waals surface area (Å²) < 4.78 is 23.4. The van der Waals surface area contributed by atoms with Gasteiger partial charge in [0.15, 0.2) is 15.0 Å². The Labute approximate surface area is 169 Å². The molecule has 0 radical (unpaired) electrons. The number of aromatic nitrogens is 1. The number of rotatable bonds is 8. The number of sulfone groups is 1. The van der Waals surface area contributed by atoms with Gasteiger partial charge in [0.2, 0.25) is 5.91 Å². The van der Waals surface area contributed by atoms with Crippen molar-refractivity contribution in [2.75, 3.05) is 18.2 Å². The number of anilines is 1. The number of nitrogens with one attached hydrogen (secondary N) is 1. The lowest BCUT2D eigenvalue weighted by Gasteiger charge is -2.20. The van der Waals surface area contributed by atoms with Gasteiger partial charge in [-0.1, -0.05) is 37.8 Å². The zero-order chi connectivity index (χ0) is 20.1. The molecule has 1 amide bonds. The third-order valence-electron chi connectivity index (χ3n) is 5.22. The minimum atomic E-state index is -3.27. The lowest BCUT2D eigenvalue weighted by Crippen LogP contribution is -2.23. The fraction of sp³-hybridized carbons (Fsp3) is 0.500. The molecule has 1 unspecified atom stereocenters. The van der Waals surface area contributed by atoms with Gasteiger partial charge < -0.3 is 10.4 Å². The molecule has 1 aromatic heterocycles. The zero-order valence-corrected chi connectivity index (χ0v) is 17.6. The van der Waals surface area contributed by atoms with Crippen LogP contribution in [0.2, 0.25) is 0 Å². The van der Waals surface area contributed by atoms with Crippen LogP contribution in [0.5, 0.6) is 0 Å². The largest absolute Gasteiger partial charge is 0.396 e. The van der Waals surface area contributed by atoms with Gasteiger partial charge >= 0.3 is 0 Å². The van der Waals surface area contributed by atoms with Gasteiger partial charge in [-0.3, -0.25) is 4.79 Å². The van der Waals surface area contributed by atoms with Gasteiger partial charge in [-0.25, -0.2) is 13.4 Å². The molecule has 0 bridgehead atoms. The van der Waals surface area contributed by atoms with Crippen LogP contribution in [-0.4, -0.2) is 37.3 Å². The van der Waals surface area contributed by atoms with Crippen molar-refractivity contribution in [1.82, 2.24) is 4.98 Å². The van der Waals surface area contributed by atoms with Gasteiger partial charge in [0, 0.05) is 24.7 Å². The van der Waals surface area contributed by atoms with Crippen molar-refractivity contribution in [3.63, 3.8) is 0 Å². The maximum atomic E-state index is 13.0. The summed E-state index contributed by atoms with van der Waals surface area (Å²) in [6.07, 6.45) is 7.04. The Morgan fingerprint density at radius 2 is 1.96 bits per heavy atom. The highest BCUT2D eigenvalue weighted by molar-refractivity contribution is 7.90. The summed E-state index contributed by atoms with van der Waals surface area (Å²) in [6, 6.07) is 6.63. The van der Waals surface area contributed by atoms with Gasteiger partial charge in [0.25, 0.3) is 0 Å². The molecule has 0 spiro atoms. The Hall–Kier alpha value is -1.77. The summed E-state index contributed by atoms with van der Waals surface area (Å²) in [5, 5.41) is 14.3. The van der Waals surface area contributed by atoms with Crippen molar-refractivity contribution in [3.05, 3.63) is 40.9 Å². The first-order chi connectivity index (χ1) is 13.4. The molecule has 1 fully saturated rings. The van der Waals surface area contributed by atoms with Crippen LogP contribution in [-0.2, 0) is 21.1 Å². The highest BCUT2D eigenvalue weighted by Crippen LogP contribution is 2.35. The van der Waals surface area contributed by atoms with Gasteiger partial charge in [0.1, 0.15) is 0 Å². The highest BCUT2D eigenvalue weighted by atomic mass is 32.2. The van der Waals surface area contributed by atoms with Crippen LogP contribution < -0.4 is 5.32 Å². The van der Waals surface area contributed by atoms with Gasteiger partial charge in [-0.2, -0.15) is 0 Å². The number of aliphatic hydroxyl groups excluding tert-OH is 1. The quantitative estimate of drug-likeness (QED) is 0.680. The molecular weight excluding hydrogens is 396 g/mol. The topological polar surface area (TPSA) is 96.4 Å². The number of carbonyl (C=O) groups excluding carboxylic acids is 1. The minimum Gasteiger partial charge on any atom is -0.396 e. The summed E-state index contributed by atoms with van der Waals surface area (Å²) in [6.45, 7) is 0.0219. The van der Waals surface area contributed by atoms with Crippen LogP contribution in [0.4, 0.5) is 5.13 Å². The van der Waals surface area contributed by atoms with Crippen LogP contribution in [0.3, 0.4) is 0 Å². The molecule has 1 heterocycles. The Kier molecular flexibility index (Phi) is 6.85. The summed E-state index contributed by atoms with van der Waals surface area (Å²) >= 11 is 1.35. The minimum absolute atomic E-state index is 0.0219. The molecule has 6 nitrogen and oxygen atoms in total. The summed E-state index contributed by atoms with van der Waals surface area (Å²) in [7, 11) is -3.27. The molecule has 1 aliphatic rings. The molecule has 1 atom stereocenters. The monoisotopic (exact) mass is 422 g/mol. The Morgan fingerprint density at radius 1 is 1.29 bits per heavy atom. The van der Waals surface area contributed by atoms with Crippen molar-refractivity contribution in [1.29, 1.82) is 0 Å². The predicted octanol–water partition coefficient (Wildman–Crippen LogP) is 3.38. The molecule has 1 aliphatic carbocycles. The third kappa shape index (κ3) is 5.40. The Morgan fingerprint density at radius 3 is 2.57 bits per heavy atom. The molecule has 1 saturated carbocycles. The number of aliphatic hydroxyl groups is 1. The normalized spacial score (nSPS) is 16.2. The van der Waals surface area contributed by atoms with Crippen molar-refractivity contribution in [3.8, 4) is 0 Å². The maximum absolute atomic E-state index is 13.0. The fourth-order valence-corrected chi connectivity index (χ4v) is 5.09. The SMILES string of the molecule is CS(=O)(=O)c1ccc(C(CC2CCCC2)C(=O)Nc2nc(CCO)cs2)cc1. The number of carbonyl (C=O) groups is 1. The highest BCUT2D eigenvalue weighted by Gasteiger charge is 2.27. The predicted molar refractivity (Wildman–Crippen MR) is 110 cm³/mol. The lowest BCUT2D eigenvalue weighted by atomic mass is 9.87. The fourth-order valence-electron chi connectivity index (χ4n) is 3.71. The molecule has 8 heteroatoms. The smallest absolute Gasteiger partial charge is 0.233 e. The third-order valence-corrected chi connectivity index (χ3v) is 7.16. The van der Waals surface area contributed by atoms with Gasteiger partial charge in [-0.15, -0.1) is 11.3 Å². The van der Waals surface area contributed by atoms with Crippen LogP contribution in [0.25, 0.3) is 0 Å². The van der Waals surface area contributed by atoms with E-state index in [2.05, 4.69) is 10.3 Å². The number of nitrogens with zero attached hydrogens (tertiary/aromatic N) is 1. The first-order valence-corrected chi connectivity index (χ1v) is 12.3. The van der Waals surface area contributed by atoms with Crippen LogP contribution in [0.15, 0.2) is 34.5 Å². The number of thiazole rings is 1. The summed E-state index contributed by atoms with van der Waals surface area (Å²) in [5.41, 5.74) is 1.58. The number of hydrogen-bond acceptors (Lipinski definition) is 6. The van der Waals surface area contributed by atoms with E-state index in [0.29, 0.717) is 17.5 Å². The van der Waals surface area contributed by atoms with E-state index in [1.165, 1.54) is 30.4 Å². The standard InChI is InChI=1S/C20H26N2O4S2/c1-28(25,26)17-8-6-15(7-9-17)18(12-14-4-2-3-5-14)19(24)22-20-21-16(10-11-23)13-27-20/h6-9,13-14,18,23H,2-5,10-12H2,1H3,(H,21,22,24). The van der Waals surface area contributed by atoms with E-state index < -0.39 is 9.84 Å². The van der Waals surface area contributed by atoms with E-state index in [9.17, 15) is 13.2 Å². The second-order valence-electron chi connectivity index (χ2n) is 7.39. The van der Waals surface area contributed by atoms with E-state index in [4.69, 9.17) is 5.11 Å². The van der Waals surface area contributed by atoms with Gasteiger partial charge in [-0.05, 0) is 30.0 Å². The van der Waals surface area contributed by atoms with E-state index in [0.717, 1.165) is 30.5 Å². The van der Waals surface area contributed by atoms with Crippen molar-refractivity contribution >= 4 is 32.2 Å². The Bertz CT molecular complexity index is 901. The van der Waals surface area contributed by atoms with Crippen LogP contribution in [0.1, 0.15) is 49.3 Å². The van der Waals surface area contributed by atoms with E-state index in [1.807, 2.05) is 5.38 Å². The van der Waals surface area contributed by atoms with Crippen LogP contribution >= 0.6 is 11.3 Å². The second-order valence-corrected chi connectivity index (χ2v) is 10.3. The Balaban J connectivity index is 1.79. The summed E-state index contributed by atoms with van der Waals surface area (Å²) in [5.74, 6) is 0.0392. The number of benzene rings is 1. The molecular formula is C20H26N2O4S2. The van der Waals surface area contributed by atoms with Gasteiger partial charge in [0.05, 0.1) is 16.5 Å². The molecule has 3 rings (SSSR count). The van der Waals surface area contributed by atoms with E-state index in [1.54, 1.807) is 24.3 Å². The molecule has 1 aromatic carbocycles. The summed E-state index contributed by atoms with van der Waals surface area (Å²) in [4.78, 5) is 17.6. The zero-order valence-electron chi connectivity index (χ0n) is 15.9. The first kappa shape index (κ1) is 21.0. The number of hydrogen-bond donors (Lipinski definition) is 2. The van der Waals surface area contributed by atoms with E-state index >= 15 is 0 Å². The second kappa shape index (κ2) is 9.15. The molecule has 0 aliphatic heterocycles.